The van der Waals surface area contributed by atoms with Gasteiger partial charge in [-0.3, -0.25) is 14.5 Å². The minimum absolute atomic E-state index is 0.0345. The van der Waals surface area contributed by atoms with Crippen LogP contribution in [0.4, 0.5) is 0 Å². The molecular weight excluding hydrogens is 342 g/mol. The molecule has 3 rings (SSSR count). The number of rotatable bonds is 8. The third-order valence-electron chi connectivity index (χ3n) is 4.93. The highest BCUT2D eigenvalue weighted by Crippen LogP contribution is 2.19. The number of benzene rings is 1. The first-order valence-corrected chi connectivity index (χ1v) is 9.57. The van der Waals surface area contributed by atoms with E-state index in [0.717, 1.165) is 19.5 Å². The third kappa shape index (κ3) is 5.96. The zero-order valence-electron chi connectivity index (χ0n) is 15.5. The van der Waals surface area contributed by atoms with Crippen molar-refractivity contribution in [3.63, 3.8) is 0 Å². The van der Waals surface area contributed by atoms with Crippen LogP contribution in [0.5, 0.6) is 0 Å². The minimum Gasteiger partial charge on any atom is -0.472 e. The first-order chi connectivity index (χ1) is 13.2. The smallest absolute Gasteiger partial charge is 0.254 e. The van der Waals surface area contributed by atoms with Gasteiger partial charge in [0.25, 0.3) is 5.91 Å². The number of hydrogen-bond acceptors (Lipinski definition) is 4. The molecule has 6 heteroatoms. The number of carbonyl (C=O) groups is 2. The number of carbonyl (C=O) groups excluding carboxylic acids is 2. The molecule has 1 aliphatic heterocycles. The first-order valence-electron chi connectivity index (χ1n) is 9.57. The second kappa shape index (κ2) is 9.92. The molecule has 0 spiro atoms. The molecule has 2 N–H and O–H groups in total. The van der Waals surface area contributed by atoms with E-state index < -0.39 is 0 Å². The Kier molecular flexibility index (Phi) is 7.04. The summed E-state index contributed by atoms with van der Waals surface area (Å²) in [5.74, 6) is -0.259. The number of hydrogen-bond donors (Lipinski definition) is 2. The highest BCUT2D eigenvalue weighted by molar-refractivity contribution is 5.94. The van der Waals surface area contributed by atoms with Crippen molar-refractivity contribution in [2.45, 2.75) is 38.3 Å². The van der Waals surface area contributed by atoms with Gasteiger partial charge in [-0.1, -0.05) is 36.8 Å². The van der Waals surface area contributed by atoms with Crippen molar-refractivity contribution in [2.24, 2.45) is 0 Å². The Bertz CT molecular complexity index is 716. The molecule has 2 aromatic rings. The molecule has 1 fully saturated rings. The number of nitrogens with zero attached hydrogens (tertiary/aromatic N) is 1. The molecule has 1 atom stereocenters. The molecule has 6 nitrogen and oxygen atoms in total. The number of amides is 2. The zero-order chi connectivity index (χ0) is 18.9. The van der Waals surface area contributed by atoms with E-state index in [9.17, 15) is 9.59 Å². The Morgan fingerprint density at radius 3 is 2.74 bits per heavy atom. The van der Waals surface area contributed by atoms with E-state index in [1.54, 1.807) is 6.07 Å². The van der Waals surface area contributed by atoms with Crippen molar-refractivity contribution in [1.29, 1.82) is 0 Å². The largest absolute Gasteiger partial charge is 0.472 e. The molecule has 27 heavy (non-hydrogen) atoms. The van der Waals surface area contributed by atoms with Crippen LogP contribution in [0.1, 0.15) is 41.6 Å². The number of furan rings is 1. The van der Waals surface area contributed by atoms with Crippen molar-refractivity contribution in [3.8, 4) is 0 Å². The summed E-state index contributed by atoms with van der Waals surface area (Å²) in [6.45, 7) is 2.95. The monoisotopic (exact) mass is 369 g/mol. The molecule has 2 heterocycles. The van der Waals surface area contributed by atoms with Crippen LogP contribution in [0, 0.1) is 0 Å². The van der Waals surface area contributed by atoms with Crippen LogP contribution in [0.15, 0.2) is 53.3 Å². The van der Waals surface area contributed by atoms with E-state index in [2.05, 4.69) is 39.8 Å². The van der Waals surface area contributed by atoms with Gasteiger partial charge in [0.1, 0.15) is 6.26 Å². The highest BCUT2D eigenvalue weighted by Gasteiger charge is 2.22. The van der Waals surface area contributed by atoms with Gasteiger partial charge in [-0.25, -0.2) is 0 Å². The number of nitrogens with one attached hydrogen (secondary N) is 2. The second-order valence-corrected chi connectivity index (χ2v) is 6.93. The lowest BCUT2D eigenvalue weighted by molar-refractivity contribution is -0.121. The van der Waals surface area contributed by atoms with Crippen LogP contribution < -0.4 is 10.6 Å². The van der Waals surface area contributed by atoms with Crippen LogP contribution in [0.2, 0.25) is 0 Å². The zero-order valence-corrected chi connectivity index (χ0v) is 15.5. The Labute approximate surface area is 159 Å². The van der Waals surface area contributed by atoms with Gasteiger partial charge in [-0.2, -0.15) is 0 Å². The van der Waals surface area contributed by atoms with Crippen LogP contribution >= 0.6 is 0 Å². The SMILES string of the molecule is O=C(CCNC(=O)c1ccoc1)NCC1CCCCN1Cc1ccccc1. The maximum absolute atomic E-state index is 12.1. The maximum atomic E-state index is 12.1. The molecule has 1 aromatic carbocycles. The van der Waals surface area contributed by atoms with Crippen molar-refractivity contribution in [2.75, 3.05) is 19.6 Å². The van der Waals surface area contributed by atoms with Gasteiger partial charge in [0.15, 0.2) is 0 Å². The summed E-state index contributed by atoms with van der Waals surface area (Å²) in [4.78, 5) is 26.4. The van der Waals surface area contributed by atoms with Crippen LogP contribution in [-0.4, -0.2) is 42.4 Å². The Balaban J connectivity index is 1.39. The normalized spacial score (nSPS) is 17.4. The number of likely N-dealkylation sites (tertiary alicyclic amines) is 1. The Hall–Kier alpha value is -2.60. The van der Waals surface area contributed by atoms with E-state index in [0.29, 0.717) is 24.7 Å². The van der Waals surface area contributed by atoms with Gasteiger partial charge in [0.2, 0.25) is 5.91 Å². The molecule has 1 unspecified atom stereocenters. The van der Waals surface area contributed by atoms with E-state index >= 15 is 0 Å². The molecule has 0 aliphatic carbocycles. The van der Waals surface area contributed by atoms with Crippen molar-refractivity contribution < 1.29 is 14.0 Å². The second-order valence-electron chi connectivity index (χ2n) is 6.93. The molecular formula is C21H27N3O3. The summed E-state index contributed by atoms with van der Waals surface area (Å²) in [5.41, 5.74) is 1.77. The fourth-order valence-corrected chi connectivity index (χ4v) is 3.42. The van der Waals surface area contributed by atoms with Crippen LogP contribution in [0.25, 0.3) is 0 Å². The van der Waals surface area contributed by atoms with Gasteiger partial charge in [-0.15, -0.1) is 0 Å². The van der Waals surface area contributed by atoms with Crippen molar-refractivity contribution in [3.05, 3.63) is 60.1 Å². The van der Waals surface area contributed by atoms with E-state index in [1.807, 2.05) is 6.07 Å². The summed E-state index contributed by atoms with van der Waals surface area (Å²) in [6, 6.07) is 12.4. The quantitative estimate of drug-likeness (QED) is 0.750. The molecule has 1 aromatic heterocycles. The molecule has 144 valence electrons. The summed E-state index contributed by atoms with van der Waals surface area (Å²) in [5, 5.41) is 5.75. The summed E-state index contributed by atoms with van der Waals surface area (Å²) < 4.78 is 4.88. The molecule has 1 saturated heterocycles. The molecule has 0 saturated carbocycles. The van der Waals surface area contributed by atoms with Crippen LogP contribution in [0.3, 0.4) is 0 Å². The van der Waals surface area contributed by atoms with E-state index in [4.69, 9.17) is 4.42 Å². The third-order valence-corrected chi connectivity index (χ3v) is 4.93. The van der Waals surface area contributed by atoms with Gasteiger partial charge in [0, 0.05) is 32.1 Å². The Morgan fingerprint density at radius 2 is 1.96 bits per heavy atom. The molecule has 0 bridgehead atoms. The minimum atomic E-state index is -0.224. The first kappa shape index (κ1) is 19.2. The van der Waals surface area contributed by atoms with Gasteiger partial charge in [0.05, 0.1) is 11.8 Å². The maximum Gasteiger partial charge on any atom is 0.254 e. The average Bonchev–Trinajstić information content (AvgIpc) is 3.23. The lowest BCUT2D eigenvalue weighted by Crippen LogP contribution is -2.46. The van der Waals surface area contributed by atoms with E-state index in [1.165, 1.54) is 30.9 Å². The van der Waals surface area contributed by atoms with E-state index in [-0.39, 0.29) is 18.2 Å². The summed E-state index contributed by atoms with van der Waals surface area (Å²) >= 11 is 0. The van der Waals surface area contributed by atoms with Gasteiger partial charge >= 0.3 is 0 Å². The molecule has 0 radical (unpaired) electrons. The standard InChI is InChI=1S/C21H27N3O3/c25-20(9-11-22-21(26)18-10-13-27-16-18)23-14-19-8-4-5-12-24(19)15-17-6-2-1-3-7-17/h1-3,6-7,10,13,16,19H,4-5,8-9,11-12,14-15H2,(H,22,26)(H,23,25). The average molecular weight is 369 g/mol. The van der Waals surface area contributed by atoms with Crippen LogP contribution in [-0.2, 0) is 11.3 Å². The number of piperidine rings is 1. The predicted octanol–water partition coefficient (Wildman–Crippen LogP) is 2.57. The lowest BCUT2D eigenvalue weighted by atomic mass is 10.0. The fourth-order valence-electron chi connectivity index (χ4n) is 3.42. The lowest BCUT2D eigenvalue weighted by Gasteiger charge is -2.36. The molecule has 2 amide bonds. The molecule has 1 aliphatic rings. The highest BCUT2D eigenvalue weighted by atomic mass is 16.3. The topological polar surface area (TPSA) is 74.6 Å². The Morgan fingerprint density at radius 1 is 1.11 bits per heavy atom. The summed E-state index contributed by atoms with van der Waals surface area (Å²) in [7, 11) is 0. The van der Waals surface area contributed by atoms with Crippen molar-refractivity contribution in [1.82, 2.24) is 15.5 Å². The van der Waals surface area contributed by atoms with Gasteiger partial charge in [-0.05, 0) is 31.0 Å². The predicted molar refractivity (Wildman–Crippen MR) is 103 cm³/mol. The van der Waals surface area contributed by atoms with Crippen molar-refractivity contribution >= 4 is 11.8 Å². The summed E-state index contributed by atoms with van der Waals surface area (Å²) in [6.07, 6.45) is 6.62. The van der Waals surface area contributed by atoms with Gasteiger partial charge < -0.3 is 15.1 Å². The fraction of sp³-hybridized carbons (Fsp3) is 0.429.